The zero-order valence-corrected chi connectivity index (χ0v) is 10.2. The maximum atomic E-state index is 3.60. The third-order valence-electron chi connectivity index (χ3n) is 3.99. The summed E-state index contributed by atoms with van der Waals surface area (Å²) in [7, 11) is 0. The molecule has 2 heteroatoms. The molecule has 1 saturated heterocycles. The maximum absolute atomic E-state index is 3.60. The molecule has 0 aromatic heterocycles. The highest BCUT2D eigenvalue weighted by molar-refractivity contribution is 4.80. The molecule has 0 spiro atoms. The largest absolute Gasteiger partial charge is 0.313 e. The van der Waals surface area contributed by atoms with Gasteiger partial charge in [-0.25, -0.2) is 0 Å². The molecule has 1 unspecified atom stereocenters. The SMILES string of the molecule is CCNC1CCCN(CC2CCCC2)C1. The van der Waals surface area contributed by atoms with Crippen LogP contribution in [0.5, 0.6) is 0 Å². The third-order valence-corrected chi connectivity index (χ3v) is 3.99. The summed E-state index contributed by atoms with van der Waals surface area (Å²) in [6.07, 6.45) is 8.72. The summed E-state index contributed by atoms with van der Waals surface area (Å²) < 4.78 is 0. The monoisotopic (exact) mass is 210 g/mol. The average molecular weight is 210 g/mol. The number of nitrogens with one attached hydrogen (secondary N) is 1. The highest BCUT2D eigenvalue weighted by Gasteiger charge is 2.23. The highest BCUT2D eigenvalue weighted by atomic mass is 15.2. The second kappa shape index (κ2) is 5.86. The number of nitrogens with zero attached hydrogens (tertiary/aromatic N) is 1. The summed E-state index contributed by atoms with van der Waals surface area (Å²) >= 11 is 0. The van der Waals surface area contributed by atoms with Crippen LogP contribution in [-0.2, 0) is 0 Å². The van der Waals surface area contributed by atoms with Crippen LogP contribution in [0, 0.1) is 5.92 Å². The van der Waals surface area contributed by atoms with Gasteiger partial charge in [0.25, 0.3) is 0 Å². The number of rotatable bonds is 4. The van der Waals surface area contributed by atoms with Gasteiger partial charge in [-0.2, -0.15) is 0 Å². The Kier molecular flexibility index (Phi) is 4.45. The van der Waals surface area contributed by atoms with Gasteiger partial charge in [-0.3, -0.25) is 0 Å². The Labute approximate surface area is 94.4 Å². The first-order chi connectivity index (χ1) is 7.38. The fourth-order valence-electron chi connectivity index (χ4n) is 3.23. The normalized spacial score (nSPS) is 29.8. The van der Waals surface area contributed by atoms with Crippen molar-refractivity contribution in [1.82, 2.24) is 10.2 Å². The molecule has 0 bridgehead atoms. The number of likely N-dealkylation sites (N-methyl/N-ethyl adjacent to an activating group) is 1. The minimum absolute atomic E-state index is 0.769. The Morgan fingerprint density at radius 2 is 1.93 bits per heavy atom. The van der Waals surface area contributed by atoms with Crippen molar-refractivity contribution in [2.45, 2.75) is 51.5 Å². The molecule has 0 aromatic rings. The molecule has 15 heavy (non-hydrogen) atoms. The van der Waals surface area contributed by atoms with Crippen molar-refractivity contribution >= 4 is 0 Å². The summed E-state index contributed by atoms with van der Waals surface area (Å²) in [6, 6.07) is 0.769. The van der Waals surface area contributed by atoms with Crippen LogP contribution in [0.3, 0.4) is 0 Å². The van der Waals surface area contributed by atoms with Crippen molar-refractivity contribution in [3.8, 4) is 0 Å². The van der Waals surface area contributed by atoms with E-state index in [-0.39, 0.29) is 0 Å². The van der Waals surface area contributed by atoms with E-state index in [0.29, 0.717) is 0 Å². The molecule has 2 rings (SSSR count). The molecule has 0 amide bonds. The molecular formula is C13H26N2. The van der Waals surface area contributed by atoms with E-state index in [2.05, 4.69) is 17.1 Å². The standard InChI is InChI=1S/C13H26N2/c1-2-14-13-8-5-9-15(11-13)10-12-6-3-4-7-12/h12-14H,2-11H2,1H3. The molecule has 1 aliphatic carbocycles. The quantitative estimate of drug-likeness (QED) is 0.765. The second-order valence-electron chi connectivity index (χ2n) is 5.31. The molecule has 1 N–H and O–H groups in total. The predicted octanol–water partition coefficient (Wildman–Crippen LogP) is 2.25. The van der Waals surface area contributed by atoms with E-state index in [1.165, 1.54) is 58.2 Å². The average Bonchev–Trinajstić information content (AvgIpc) is 2.71. The molecular weight excluding hydrogens is 184 g/mol. The fourth-order valence-corrected chi connectivity index (χ4v) is 3.23. The van der Waals surface area contributed by atoms with Crippen LogP contribution in [0.25, 0.3) is 0 Å². The zero-order valence-electron chi connectivity index (χ0n) is 10.2. The van der Waals surface area contributed by atoms with Crippen LogP contribution in [0.4, 0.5) is 0 Å². The first-order valence-electron chi connectivity index (χ1n) is 6.84. The second-order valence-corrected chi connectivity index (χ2v) is 5.31. The van der Waals surface area contributed by atoms with Gasteiger partial charge in [0.05, 0.1) is 0 Å². The Bertz CT molecular complexity index is 173. The Hall–Kier alpha value is -0.0800. The molecule has 1 atom stereocenters. The maximum Gasteiger partial charge on any atom is 0.0195 e. The minimum atomic E-state index is 0.769. The van der Waals surface area contributed by atoms with Gasteiger partial charge in [-0.1, -0.05) is 19.8 Å². The molecule has 1 saturated carbocycles. The zero-order chi connectivity index (χ0) is 10.5. The van der Waals surface area contributed by atoms with Gasteiger partial charge in [0.2, 0.25) is 0 Å². The smallest absolute Gasteiger partial charge is 0.0195 e. The fraction of sp³-hybridized carbons (Fsp3) is 1.00. The summed E-state index contributed by atoms with van der Waals surface area (Å²) in [5.74, 6) is 1.02. The Balaban J connectivity index is 1.71. The van der Waals surface area contributed by atoms with Crippen LogP contribution < -0.4 is 5.32 Å². The van der Waals surface area contributed by atoms with Crippen molar-refractivity contribution in [3.05, 3.63) is 0 Å². The number of piperidine rings is 1. The van der Waals surface area contributed by atoms with Crippen molar-refractivity contribution < 1.29 is 0 Å². The van der Waals surface area contributed by atoms with Crippen molar-refractivity contribution in [2.75, 3.05) is 26.2 Å². The molecule has 1 aliphatic heterocycles. The van der Waals surface area contributed by atoms with E-state index in [9.17, 15) is 0 Å². The lowest BCUT2D eigenvalue weighted by Gasteiger charge is -2.34. The van der Waals surface area contributed by atoms with E-state index < -0.39 is 0 Å². The van der Waals surface area contributed by atoms with E-state index in [4.69, 9.17) is 0 Å². The summed E-state index contributed by atoms with van der Waals surface area (Å²) in [5, 5.41) is 3.60. The summed E-state index contributed by atoms with van der Waals surface area (Å²) in [4.78, 5) is 2.70. The molecule has 2 fully saturated rings. The molecule has 0 radical (unpaired) electrons. The van der Waals surface area contributed by atoms with E-state index in [0.717, 1.165) is 18.5 Å². The third kappa shape index (κ3) is 3.46. The Morgan fingerprint density at radius 1 is 1.13 bits per heavy atom. The molecule has 88 valence electrons. The first-order valence-corrected chi connectivity index (χ1v) is 6.84. The van der Waals surface area contributed by atoms with Crippen LogP contribution in [0.2, 0.25) is 0 Å². The Morgan fingerprint density at radius 3 is 2.67 bits per heavy atom. The minimum Gasteiger partial charge on any atom is -0.313 e. The van der Waals surface area contributed by atoms with Gasteiger partial charge in [-0.05, 0) is 44.7 Å². The lowest BCUT2D eigenvalue weighted by atomic mass is 10.0. The van der Waals surface area contributed by atoms with Crippen LogP contribution in [0.1, 0.15) is 45.4 Å². The molecule has 1 heterocycles. The lowest BCUT2D eigenvalue weighted by Crippen LogP contribution is -2.46. The topological polar surface area (TPSA) is 15.3 Å². The molecule has 0 aromatic carbocycles. The van der Waals surface area contributed by atoms with Gasteiger partial charge in [0.15, 0.2) is 0 Å². The van der Waals surface area contributed by atoms with Gasteiger partial charge in [0, 0.05) is 19.1 Å². The summed E-state index contributed by atoms with van der Waals surface area (Å²) in [6.45, 7) is 7.36. The van der Waals surface area contributed by atoms with E-state index >= 15 is 0 Å². The number of likely N-dealkylation sites (tertiary alicyclic amines) is 1. The first kappa shape index (κ1) is 11.4. The highest BCUT2D eigenvalue weighted by Crippen LogP contribution is 2.26. The number of hydrogen-bond donors (Lipinski definition) is 1. The van der Waals surface area contributed by atoms with Crippen molar-refractivity contribution in [1.29, 1.82) is 0 Å². The van der Waals surface area contributed by atoms with E-state index in [1.807, 2.05) is 0 Å². The molecule has 2 nitrogen and oxygen atoms in total. The van der Waals surface area contributed by atoms with E-state index in [1.54, 1.807) is 0 Å². The summed E-state index contributed by atoms with van der Waals surface area (Å²) in [5.41, 5.74) is 0. The van der Waals surface area contributed by atoms with Gasteiger partial charge in [0.1, 0.15) is 0 Å². The van der Waals surface area contributed by atoms with Crippen molar-refractivity contribution in [2.24, 2.45) is 5.92 Å². The molecule has 2 aliphatic rings. The number of hydrogen-bond acceptors (Lipinski definition) is 2. The van der Waals surface area contributed by atoms with Crippen LogP contribution in [0.15, 0.2) is 0 Å². The lowest BCUT2D eigenvalue weighted by molar-refractivity contribution is 0.167. The van der Waals surface area contributed by atoms with Gasteiger partial charge < -0.3 is 10.2 Å². The van der Waals surface area contributed by atoms with Gasteiger partial charge >= 0.3 is 0 Å². The van der Waals surface area contributed by atoms with Crippen LogP contribution >= 0.6 is 0 Å². The van der Waals surface area contributed by atoms with Crippen molar-refractivity contribution in [3.63, 3.8) is 0 Å². The predicted molar refractivity (Wildman–Crippen MR) is 65.1 cm³/mol. The van der Waals surface area contributed by atoms with Crippen LogP contribution in [-0.4, -0.2) is 37.1 Å². The van der Waals surface area contributed by atoms with Gasteiger partial charge in [-0.15, -0.1) is 0 Å².